The van der Waals surface area contributed by atoms with Gasteiger partial charge in [-0.05, 0) is 12.8 Å². The van der Waals surface area contributed by atoms with Gasteiger partial charge < -0.3 is 9.84 Å². The molecular formula is C9H17NO3. The van der Waals surface area contributed by atoms with Gasteiger partial charge in [0.2, 0.25) is 0 Å². The number of hydrogen-bond acceptors (Lipinski definition) is 3. The van der Waals surface area contributed by atoms with Crippen molar-refractivity contribution in [3.8, 4) is 0 Å². The van der Waals surface area contributed by atoms with Gasteiger partial charge in [0.05, 0.1) is 6.10 Å². The molecule has 2 N–H and O–H groups in total. The average Bonchev–Trinajstić information content (AvgIpc) is 2.50. The van der Waals surface area contributed by atoms with Crippen LogP contribution in [0.3, 0.4) is 0 Å². The van der Waals surface area contributed by atoms with Crippen molar-refractivity contribution < 1.29 is 14.6 Å². The molecule has 1 aliphatic heterocycles. The highest BCUT2D eigenvalue weighted by Gasteiger charge is 2.31. The van der Waals surface area contributed by atoms with Crippen molar-refractivity contribution in [1.29, 1.82) is 0 Å². The first-order valence-corrected chi connectivity index (χ1v) is 4.71. The second-order valence-corrected chi connectivity index (χ2v) is 3.69. The number of carboxylic acid groups (broad SMARTS) is 1. The molecule has 0 aliphatic carbocycles. The van der Waals surface area contributed by atoms with Crippen LogP contribution in [0.1, 0.15) is 26.7 Å². The summed E-state index contributed by atoms with van der Waals surface area (Å²) in [6.45, 7) is 4.56. The molecule has 0 saturated carbocycles. The lowest BCUT2D eigenvalue weighted by molar-refractivity contribution is -0.143. The molecule has 0 aromatic heterocycles. The first kappa shape index (κ1) is 10.5. The van der Waals surface area contributed by atoms with Crippen LogP contribution in [0.15, 0.2) is 0 Å². The zero-order valence-electron chi connectivity index (χ0n) is 8.12. The number of hydrogen-bond donors (Lipinski definition) is 2. The maximum Gasteiger partial charge on any atom is 0.323 e. The predicted molar refractivity (Wildman–Crippen MR) is 48.7 cm³/mol. The van der Waals surface area contributed by atoms with E-state index in [9.17, 15) is 4.79 Å². The van der Waals surface area contributed by atoms with Gasteiger partial charge in [0, 0.05) is 12.6 Å². The lowest BCUT2D eigenvalue weighted by Crippen LogP contribution is -2.48. The molecule has 2 atom stereocenters. The van der Waals surface area contributed by atoms with Crippen LogP contribution in [0, 0.1) is 0 Å². The van der Waals surface area contributed by atoms with Crippen molar-refractivity contribution in [2.45, 2.75) is 44.9 Å². The molecule has 0 bridgehead atoms. The van der Waals surface area contributed by atoms with E-state index in [0.29, 0.717) is 6.61 Å². The molecule has 0 aromatic carbocycles. The molecule has 2 unspecified atom stereocenters. The third-order valence-electron chi connectivity index (χ3n) is 2.12. The Hall–Kier alpha value is -0.610. The fourth-order valence-electron chi connectivity index (χ4n) is 1.56. The second-order valence-electron chi connectivity index (χ2n) is 3.69. The minimum Gasteiger partial charge on any atom is -0.480 e. The van der Waals surface area contributed by atoms with Crippen LogP contribution in [0.4, 0.5) is 0 Å². The Kier molecular flexibility index (Phi) is 3.69. The fourth-order valence-corrected chi connectivity index (χ4v) is 1.56. The number of ether oxygens (including phenoxy) is 1. The van der Waals surface area contributed by atoms with E-state index < -0.39 is 12.0 Å². The minimum absolute atomic E-state index is 0.153. The van der Waals surface area contributed by atoms with Gasteiger partial charge in [-0.1, -0.05) is 13.8 Å². The van der Waals surface area contributed by atoms with E-state index in [2.05, 4.69) is 5.32 Å². The van der Waals surface area contributed by atoms with Crippen molar-refractivity contribution in [2.75, 3.05) is 6.61 Å². The summed E-state index contributed by atoms with van der Waals surface area (Å²) in [5.74, 6) is -0.819. The number of aliphatic carboxylic acids is 1. The van der Waals surface area contributed by atoms with Crippen molar-refractivity contribution in [1.82, 2.24) is 5.32 Å². The lowest BCUT2D eigenvalue weighted by atomic mass is 10.1. The number of carboxylic acids is 1. The molecule has 0 spiro atoms. The molecule has 1 rings (SSSR count). The van der Waals surface area contributed by atoms with E-state index >= 15 is 0 Å². The second kappa shape index (κ2) is 4.58. The summed E-state index contributed by atoms with van der Waals surface area (Å²) in [4.78, 5) is 10.9. The Morgan fingerprint density at radius 3 is 2.69 bits per heavy atom. The van der Waals surface area contributed by atoms with Crippen LogP contribution in [0.2, 0.25) is 0 Å². The van der Waals surface area contributed by atoms with Gasteiger partial charge in [-0.2, -0.15) is 0 Å². The molecule has 0 amide bonds. The normalized spacial score (nSPS) is 25.0. The third-order valence-corrected chi connectivity index (χ3v) is 2.12. The molecule has 13 heavy (non-hydrogen) atoms. The van der Waals surface area contributed by atoms with Crippen molar-refractivity contribution >= 4 is 5.97 Å². The highest BCUT2D eigenvalue weighted by atomic mass is 16.5. The Balaban J connectivity index is 2.50. The minimum atomic E-state index is -0.819. The van der Waals surface area contributed by atoms with Gasteiger partial charge in [-0.15, -0.1) is 0 Å². The predicted octanol–water partition coefficient (Wildman–Crippen LogP) is 0.617. The molecule has 0 aromatic rings. The standard InChI is InChI=1S/C9H17NO3/c1-6(2)10-8(9(11)12)7-4-3-5-13-7/h6-8,10H,3-5H2,1-2H3,(H,11,12). The van der Waals surface area contributed by atoms with Crippen LogP contribution >= 0.6 is 0 Å². The summed E-state index contributed by atoms with van der Waals surface area (Å²) in [5, 5.41) is 11.9. The lowest BCUT2D eigenvalue weighted by Gasteiger charge is -2.22. The Morgan fingerprint density at radius 1 is 1.62 bits per heavy atom. The molecule has 4 nitrogen and oxygen atoms in total. The highest BCUT2D eigenvalue weighted by molar-refractivity contribution is 5.74. The van der Waals surface area contributed by atoms with Crippen molar-refractivity contribution in [2.24, 2.45) is 0 Å². The van der Waals surface area contributed by atoms with Crippen molar-refractivity contribution in [3.63, 3.8) is 0 Å². The summed E-state index contributed by atoms with van der Waals surface area (Å²) in [5.41, 5.74) is 0. The van der Waals surface area contributed by atoms with E-state index in [0.717, 1.165) is 12.8 Å². The first-order chi connectivity index (χ1) is 6.11. The first-order valence-electron chi connectivity index (χ1n) is 4.71. The van der Waals surface area contributed by atoms with E-state index in [4.69, 9.17) is 9.84 Å². The van der Waals surface area contributed by atoms with Crippen molar-refractivity contribution in [3.05, 3.63) is 0 Å². The summed E-state index contributed by atoms with van der Waals surface area (Å²) in [6, 6.07) is -0.382. The molecule has 1 saturated heterocycles. The van der Waals surface area contributed by atoms with Crippen LogP contribution in [-0.2, 0) is 9.53 Å². The summed E-state index contributed by atoms with van der Waals surface area (Å²) >= 11 is 0. The molecule has 1 heterocycles. The molecule has 0 radical (unpaired) electrons. The fraction of sp³-hybridized carbons (Fsp3) is 0.889. The number of carbonyl (C=O) groups is 1. The summed E-state index contributed by atoms with van der Waals surface area (Å²) < 4.78 is 5.33. The van der Waals surface area contributed by atoms with E-state index in [-0.39, 0.29) is 12.1 Å². The average molecular weight is 187 g/mol. The molecule has 1 fully saturated rings. The van der Waals surface area contributed by atoms with E-state index in [1.807, 2.05) is 13.8 Å². The van der Waals surface area contributed by atoms with Crippen LogP contribution < -0.4 is 5.32 Å². The van der Waals surface area contributed by atoms with E-state index in [1.54, 1.807) is 0 Å². The van der Waals surface area contributed by atoms with Gasteiger partial charge in [0.1, 0.15) is 6.04 Å². The topological polar surface area (TPSA) is 58.6 Å². The van der Waals surface area contributed by atoms with Gasteiger partial charge in [0.15, 0.2) is 0 Å². The highest BCUT2D eigenvalue weighted by Crippen LogP contribution is 2.16. The Labute approximate surface area is 78.3 Å². The summed E-state index contributed by atoms with van der Waals surface area (Å²) in [6.07, 6.45) is 1.66. The van der Waals surface area contributed by atoms with E-state index in [1.165, 1.54) is 0 Å². The molecule has 4 heteroatoms. The van der Waals surface area contributed by atoms with Crippen LogP contribution in [0.5, 0.6) is 0 Å². The maximum atomic E-state index is 10.9. The number of rotatable bonds is 4. The van der Waals surface area contributed by atoms with Gasteiger partial charge in [-0.25, -0.2) is 0 Å². The quantitative estimate of drug-likeness (QED) is 0.677. The van der Waals surface area contributed by atoms with Crippen LogP contribution in [0.25, 0.3) is 0 Å². The van der Waals surface area contributed by atoms with Gasteiger partial charge >= 0.3 is 5.97 Å². The maximum absolute atomic E-state index is 10.9. The molecular weight excluding hydrogens is 170 g/mol. The largest absolute Gasteiger partial charge is 0.480 e. The number of nitrogens with one attached hydrogen (secondary N) is 1. The SMILES string of the molecule is CC(C)NC(C(=O)O)C1CCCO1. The smallest absolute Gasteiger partial charge is 0.323 e. The zero-order chi connectivity index (χ0) is 9.84. The third kappa shape index (κ3) is 2.97. The van der Waals surface area contributed by atoms with Crippen LogP contribution in [-0.4, -0.2) is 35.9 Å². The summed E-state index contributed by atoms with van der Waals surface area (Å²) in [7, 11) is 0. The molecule has 76 valence electrons. The Bertz CT molecular complexity index is 176. The monoisotopic (exact) mass is 187 g/mol. The Morgan fingerprint density at radius 2 is 2.31 bits per heavy atom. The van der Waals surface area contributed by atoms with Gasteiger partial charge in [0.25, 0.3) is 0 Å². The molecule has 1 aliphatic rings. The van der Waals surface area contributed by atoms with Gasteiger partial charge in [-0.3, -0.25) is 10.1 Å². The zero-order valence-corrected chi connectivity index (χ0v) is 8.12.